The van der Waals surface area contributed by atoms with Gasteiger partial charge in [-0.1, -0.05) is 45.2 Å². The van der Waals surface area contributed by atoms with Gasteiger partial charge >= 0.3 is 0 Å². The van der Waals surface area contributed by atoms with Crippen LogP contribution in [0.2, 0.25) is 0 Å². The summed E-state index contributed by atoms with van der Waals surface area (Å²) >= 11 is 4.95. The highest BCUT2D eigenvalue weighted by molar-refractivity contribution is 14.1. The van der Waals surface area contributed by atoms with Crippen molar-refractivity contribution in [3.8, 4) is 0 Å². The molecule has 0 aromatic carbocycles. The summed E-state index contributed by atoms with van der Waals surface area (Å²) in [5, 5.41) is 0. The van der Waals surface area contributed by atoms with E-state index in [0.717, 1.165) is 7.85 Å². The van der Waals surface area contributed by atoms with Crippen molar-refractivity contribution in [2.45, 2.75) is 14.3 Å². The fourth-order valence-electron chi connectivity index (χ4n) is 0.137. The molecule has 0 aromatic heterocycles. The fraction of sp³-hybridized carbons (Fsp3) is 1.00. The molecular weight excluding hydrogens is 290 g/mol. The Kier molecular flexibility index (Phi) is 1.40. The van der Waals surface area contributed by atoms with Gasteiger partial charge in [-0.3, -0.25) is 0 Å². The van der Waals surface area contributed by atoms with Gasteiger partial charge in [-0.25, -0.2) is 0 Å². The first kappa shape index (κ1) is 4.61. The summed E-state index contributed by atoms with van der Waals surface area (Å²) in [5.41, 5.74) is 0. The largest absolute Gasteiger partial charge is 0.0814 e. The minimum absolute atomic E-state index is 1.01. The standard InChI is InChI=1S/C3H4I2/c4-2-1-3(2)5/h2-3H,1H2/t2-,3-/m0/s1. The number of halogens is 2. The highest BCUT2D eigenvalue weighted by Crippen LogP contribution is 2.37. The van der Waals surface area contributed by atoms with Crippen LogP contribution in [0, 0.1) is 0 Å². The van der Waals surface area contributed by atoms with Crippen molar-refractivity contribution < 1.29 is 0 Å². The fourth-order valence-corrected chi connectivity index (χ4v) is 2.21. The second-order valence-electron chi connectivity index (χ2n) is 1.27. The van der Waals surface area contributed by atoms with Gasteiger partial charge in [-0.15, -0.1) is 0 Å². The van der Waals surface area contributed by atoms with Gasteiger partial charge in [0, 0.05) is 7.85 Å². The highest BCUT2D eigenvalue weighted by Gasteiger charge is 2.30. The molecule has 2 atom stereocenters. The lowest BCUT2D eigenvalue weighted by Gasteiger charge is -1.62. The van der Waals surface area contributed by atoms with E-state index in [-0.39, 0.29) is 0 Å². The molecule has 30 valence electrons. The van der Waals surface area contributed by atoms with Gasteiger partial charge in [0.2, 0.25) is 0 Å². The Morgan fingerprint density at radius 3 is 1.40 bits per heavy atom. The maximum Gasteiger partial charge on any atom is 0.0238 e. The molecule has 0 spiro atoms. The molecule has 0 aliphatic heterocycles. The van der Waals surface area contributed by atoms with Crippen molar-refractivity contribution >= 4 is 45.2 Å². The minimum Gasteiger partial charge on any atom is -0.0814 e. The Labute approximate surface area is 59.0 Å². The predicted octanol–water partition coefficient (Wildman–Crippen LogP) is 2.00. The Morgan fingerprint density at radius 2 is 1.40 bits per heavy atom. The van der Waals surface area contributed by atoms with E-state index in [1.165, 1.54) is 6.42 Å². The lowest BCUT2D eigenvalue weighted by atomic mass is 11.0. The van der Waals surface area contributed by atoms with E-state index in [4.69, 9.17) is 0 Å². The monoisotopic (exact) mass is 294 g/mol. The third-order valence-electron chi connectivity index (χ3n) is 0.640. The topological polar surface area (TPSA) is 0 Å². The molecule has 0 N–H and O–H groups in total. The number of hydrogen-bond acceptors (Lipinski definition) is 0. The molecule has 0 radical (unpaired) electrons. The van der Waals surface area contributed by atoms with E-state index in [0.29, 0.717) is 0 Å². The van der Waals surface area contributed by atoms with Crippen LogP contribution in [-0.4, -0.2) is 7.85 Å². The van der Waals surface area contributed by atoms with Crippen LogP contribution in [0.3, 0.4) is 0 Å². The van der Waals surface area contributed by atoms with Crippen LogP contribution in [0.5, 0.6) is 0 Å². The summed E-state index contributed by atoms with van der Waals surface area (Å²) in [6.07, 6.45) is 1.45. The Bertz CT molecular complexity index is 38.2. The molecule has 1 rings (SSSR count). The summed E-state index contributed by atoms with van der Waals surface area (Å²) in [6, 6.07) is 0. The zero-order chi connectivity index (χ0) is 3.86. The molecule has 2 heteroatoms. The summed E-state index contributed by atoms with van der Waals surface area (Å²) in [4.78, 5) is 0. The average molecular weight is 294 g/mol. The Balaban J connectivity index is 2.20. The summed E-state index contributed by atoms with van der Waals surface area (Å²) in [5.74, 6) is 0. The third kappa shape index (κ3) is 1.17. The predicted molar refractivity (Wildman–Crippen MR) is 40.2 cm³/mol. The van der Waals surface area contributed by atoms with E-state index < -0.39 is 0 Å². The van der Waals surface area contributed by atoms with Crippen molar-refractivity contribution in [2.24, 2.45) is 0 Å². The first-order valence-electron chi connectivity index (χ1n) is 1.59. The van der Waals surface area contributed by atoms with Crippen molar-refractivity contribution in [1.82, 2.24) is 0 Å². The summed E-state index contributed by atoms with van der Waals surface area (Å²) in [7, 11) is 0. The van der Waals surface area contributed by atoms with Crippen molar-refractivity contribution in [1.29, 1.82) is 0 Å². The van der Waals surface area contributed by atoms with Gasteiger partial charge in [0.1, 0.15) is 0 Å². The van der Waals surface area contributed by atoms with Crippen LogP contribution in [-0.2, 0) is 0 Å². The molecule has 0 saturated heterocycles. The molecule has 5 heavy (non-hydrogen) atoms. The van der Waals surface area contributed by atoms with Crippen LogP contribution >= 0.6 is 45.2 Å². The Morgan fingerprint density at radius 1 is 1.20 bits per heavy atom. The van der Waals surface area contributed by atoms with E-state index in [1.807, 2.05) is 0 Å². The normalized spacial score (nSPS) is 49.2. The van der Waals surface area contributed by atoms with Crippen molar-refractivity contribution in [3.63, 3.8) is 0 Å². The van der Waals surface area contributed by atoms with Crippen molar-refractivity contribution in [3.05, 3.63) is 0 Å². The van der Waals surface area contributed by atoms with Gasteiger partial charge in [0.25, 0.3) is 0 Å². The first-order chi connectivity index (χ1) is 2.30. The number of rotatable bonds is 0. The quantitative estimate of drug-likeness (QED) is 0.473. The minimum atomic E-state index is 1.01. The van der Waals surface area contributed by atoms with Gasteiger partial charge in [0.05, 0.1) is 0 Å². The number of alkyl halides is 2. The lowest BCUT2D eigenvalue weighted by Crippen LogP contribution is -1.61. The van der Waals surface area contributed by atoms with Crippen LogP contribution in [0.25, 0.3) is 0 Å². The lowest BCUT2D eigenvalue weighted by molar-refractivity contribution is 1.55. The molecule has 1 saturated carbocycles. The van der Waals surface area contributed by atoms with E-state index >= 15 is 0 Å². The van der Waals surface area contributed by atoms with Gasteiger partial charge in [0.15, 0.2) is 0 Å². The summed E-state index contributed by atoms with van der Waals surface area (Å²) < 4.78 is 2.02. The zero-order valence-electron chi connectivity index (χ0n) is 2.62. The maximum absolute atomic E-state index is 2.47. The van der Waals surface area contributed by atoms with Crippen LogP contribution in [0.1, 0.15) is 6.42 Å². The number of hydrogen-bond donors (Lipinski definition) is 0. The van der Waals surface area contributed by atoms with Crippen LogP contribution < -0.4 is 0 Å². The van der Waals surface area contributed by atoms with Gasteiger partial charge in [-0.2, -0.15) is 0 Å². The van der Waals surface area contributed by atoms with E-state index in [2.05, 4.69) is 45.2 Å². The molecule has 1 aliphatic rings. The second kappa shape index (κ2) is 1.52. The average Bonchev–Trinajstić information content (AvgIpc) is 1.79. The van der Waals surface area contributed by atoms with Gasteiger partial charge < -0.3 is 0 Å². The zero-order valence-corrected chi connectivity index (χ0v) is 6.93. The van der Waals surface area contributed by atoms with Crippen LogP contribution in [0.4, 0.5) is 0 Å². The SMILES string of the molecule is I[C@H]1C[C@@H]1I. The van der Waals surface area contributed by atoms with E-state index in [9.17, 15) is 0 Å². The summed E-state index contributed by atoms with van der Waals surface area (Å²) in [6.45, 7) is 0. The molecular formula is C3H4I2. The molecule has 1 fully saturated rings. The molecule has 1 aliphatic carbocycles. The second-order valence-corrected chi connectivity index (χ2v) is 4.47. The molecule has 0 heterocycles. The first-order valence-corrected chi connectivity index (χ1v) is 4.08. The van der Waals surface area contributed by atoms with Crippen molar-refractivity contribution in [2.75, 3.05) is 0 Å². The molecule has 0 unspecified atom stereocenters. The smallest absolute Gasteiger partial charge is 0.0238 e. The Hall–Kier alpha value is 1.46. The maximum atomic E-state index is 2.47. The molecule has 0 nitrogen and oxygen atoms in total. The van der Waals surface area contributed by atoms with Crippen LogP contribution in [0.15, 0.2) is 0 Å². The van der Waals surface area contributed by atoms with E-state index in [1.54, 1.807) is 0 Å². The molecule has 0 bridgehead atoms. The highest BCUT2D eigenvalue weighted by atomic mass is 127. The molecule has 0 amide bonds. The third-order valence-corrected chi connectivity index (χ3v) is 4.77. The molecule has 0 aromatic rings. The van der Waals surface area contributed by atoms with Gasteiger partial charge in [-0.05, 0) is 6.42 Å².